The third-order valence-corrected chi connectivity index (χ3v) is 4.15. The van der Waals surface area contributed by atoms with E-state index in [-0.39, 0.29) is 0 Å². The highest BCUT2D eigenvalue weighted by molar-refractivity contribution is 6.30. The van der Waals surface area contributed by atoms with Gasteiger partial charge in [0.25, 0.3) is 0 Å². The molecule has 0 radical (unpaired) electrons. The lowest BCUT2D eigenvalue weighted by Crippen LogP contribution is -2.42. The summed E-state index contributed by atoms with van der Waals surface area (Å²) in [7, 11) is 0. The average molecular weight is 293 g/mol. The number of halogens is 1. The fourth-order valence-electron chi connectivity index (χ4n) is 2.71. The van der Waals surface area contributed by atoms with Gasteiger partial charge in [0.2, 0.25) is 0 Å². The molecule has 0 amide bonds. The molecule has 1 aromatic carbocycles. The van der Waals surface area contributed by atoms with Crippen molar-refractivity contribution in [2.24, 2.45) is 0 Å². The zero-order valence-corrected chi connectivity index (χ0v) is 11.9. The third kappa shape index (κ3) is 2.99. The van der Waals surface area contributed by atoms with Gasteiger partial charge in [0.15, 0.2) is 5.79 Å². The predicted octanol–water partition coefficient (Wildman–Crippen LogP) is 2.74. The van der Waals surface area contributed by atoms with Gasteiger partial charge < -0.3 is 14.6 Å². The van der Waals surface area contributed by atoms with Gasteiger partial charge in [-0.15, -0.1) is 0 Å². The van der Waals surface area contributed by atoms with Crippen molar-refractivity contribution in [3.05, 3.63) is 34.9 Å². The molecule has 0 unspecified atom stereocenters. The van der Waals surface area contributed by atoms with Crippen LogP contribution in [0.3, 0.4) is 0 Å². The van der Waals surface area contributed by atoms with Crippen LogP contribution in [0.4, 0.5) is 0 Å². The van der Waals surface area contributed by atoms with Gasteiger partial charge in [-0.1, -0.05) is 29.5 Å². The van der Waals surface area contributed by atoms with E-state index in [2.05, 4.69) is 11.8 Å². The molecule has 0 aromatic heterocycles. The van der Waals surface area contributed by atoms with Crippen molar-refractivity contribution in [1.82, 2.24) is 0 Å². The van der Waals surface area contributed by atoms with E-state index < -0.39 is 11.4 Å². The molecule has 106 valence electrons. The summed E-state index contributed by atoms with van der Waals surface area (Å²) >= 11 is 5.92. The van der Waals surface area contributed by atoms with Crippen LogP contribution in [0, 0.1) is 11.8 Å². The van der Waals surface area contributed by atoms with Crippen LogP contribution < -0.4 is 0 Å². The molecule has 1 saturated heterocycles. The highest BCUT2D eigenvalue weighted by Crippen LogP contribution is 2.39. The summed E-state index contributed by atoms with van der Waals surface area (Å²) in [6.45, 7) is 1.29. The number of aliphatic hydroxyl groups is 1. The maximum absolute atomic E-state index is 10.5. The Morgan fingerprint density at radius 3 is 2.45 bits per heavy atom. The molecular formula is C16H17ClO3. The van der Waals surface area contributed by atoms with E-state index in [0.717, 1.165) is 5.56 Å². The van der Waals surface area contributed by atoms with Crippen LogP contribution in [0.1, 0.15) is 31.2 Å². The Hall–Kier alpha value is -1.05. The summed E-state index contributed by atoms with van der Waals surface area (Å²) in [4.78, 5) is 0. The number of hydrogen-bond donors (Lipinski definition) is 1. The second-order valence-corrected chi connectivity index (χ2v) is 5.84. The second kappa shape index (κ2) is 5.38. The van der Waals surface area contributed by atoms with Crippen molar-refractivity contribution in [3.63, 3.8) is 0 Å². The molecule has 3 nitrogen and oxygen atoms in total. The molecule has 1 aromatic rings. The minimum absolute atomic E-state index is 0.468. The van der Waals surface area contributed by atoms with Crippen molar-refractivity contribution in [2.45, 2.75) is 37.1 Å². The predicted molar refractivity (Wildman–Crippen MR) is 76.4 cm³/mol. The van der Waals surface area contributed by atoms with Crippen LogP contribution in [0.2, 0.25) is 5.02 Å². The molecular weight excluding hydrogens is 276 g/mol. The van der Waals surface area contributed by atoms with Crippen LogP contribution in [-0.2, 0) is 9.47 Å². The Morgan fingerprint density at radius 2 is 1.80 bits per heavy atom. The summed E-state index contributed by atoms with van der Waals surface area (Å²) in [6, 6.07) is 7.34. The zero-order valence-electron chi connectivity index (χ0n) is 11.2. The summed E-state index contributed by atoms with van der Waals surface area (Å²) in [5.74, 6) is 5.52. The van der Waals surface area contributed by atoms with Gasteiger partial charge in [0.1, 0.15) is 5.60 Å². The van der Waals surface area contributed by atoms with Crippen molar-refractivity contribution >= 4 is 11.6 Å². The molecule has 3 rings (SSSR count). The van der Waals surface area contributed by atoms with Crippen LogP contribution in [-0.4, -0.2) is 29.7 Å². The number of rotatable bonds is 0. The van der Waals surface area contributed by atoms with Gasteiger partial charge in [-0.2, -0.15) is 0 Å². The van der Waals surface area contributed by atoms with Gasteiger partial charge >= 0.3 is 0 Å². The maximum Gasteiger partial charge on any atom is 0.168 e. The molecule has 1 aliphatic carbocycles. The maximum atomic E-state index is 10.5. The normalized spacial score (nSPS) is 23.3. The molecule has 1 spiro atoms. The van der Waals surface area contributed by atoms with Gasteiger partial charge in [-0.3, -0.25) is 0 Å². The van der Waals surface area contributed by atoms with E-state index in [1.165, 1.54) is 0 Å². The first-order chi connectivity index (χ1) is 9.59. The summed E-state index contributed by atoms with van der Waals surface area (Å²) in [5, 5.41) is 11.2. The molecule has 4 heteroatoms. The average Bonchev–Trinajstić information content (AvgIpc) is 2.90. The lowest BCUT2D eigenvalue weighted by atomic mass is 9.81. The van der Waals surface area contributed by atoms with Crippen LogP contribution in [0.15, 0.2) is 24.3 Å². The first-order valence-electron chi connectivity index (χ1n) is 6.88. The minimum atomic E-state index is -0.955. The molecule has 1 aliphatic heterocycles. The summed E-state index contributed by atoms with van der Waals surface area (Å²) in [5.41, 5.74) is -0.136. The number of ether oxygens (including phenoxy) is 2. The van der Waals surface area contributed by atoms with Crippen molar-refractivity contribution in [1.29, 1.82) is 0 Å². The molecule has 2 fully saturated rings. The molecule has 1 heterocycles. The van der Waals surface area contributed by atoms with Gasteiger partial charge in [-0.25, -0.2) is 0 Å². The lowest BCUT2D eigenvalue weighted by molar-refractivity contribution is -0.195. The minimum Gasteiger partial charge on any atom is -0.378 e. The van der Waals surface area contributed by atoms with Crippen molar-refractivity contribution in [3.8, 4) is 11.8 Å². The first-order valence-corrected chi connectivity index (χ1v) is 7.26. The molecule has 0 atom stereocenters. The van der Waals surface area contributed by atoms with Crippen molar-refractivity contribution < 1.29 is 14.6 Å². The Bertz CT molecular complexity index is 542. The summed E-state index contributed by atoms with van der Waals surface area (Å²) < 4.78 is 11.3. The van der Waals surface area contributed by atoms with Crippen LogP contribution in [0.25, 0.3) is 0 Å². The molecule has 2 aliphatic rings. The largest absolute Gasteiger partial charge is 0.378 e. The number of benzene rings is 1. The Morgan fingerprint density at radius 1 is 1.10 bits per heavy atom. The van der Waals surface area contributed by atoms with E-state index in [4.69, 9.17) is 21.1 Å². The Labute approximate surface area is 123 Å². The molecule has 1 saturated carbocycles. The summed E-state index contributed by atoms with van der Waals surface area (Å²) in [6.07, 6.45) is 2.52. The molecule has 1 N–H and O–H groups in total. The Kier molecular flexibility index (Phi) is 3.74. The SMILES string of the molecule is OC1(C#Cc2cccc(Cl)c2)CCC2(CC1)OCCO2. The van der Waals surface area contributed by atoms with E-state index >= 15 is 0 Å². The van der Waals surface area contributed by atoms with Gasteiger partial charge in [-0.05, 0) is 31.0 Å². The lowest BCUT2D eigenvalue weighted by Gasteiger charge is -2.37. The fraction of sp³-hybridized carbons (Fsp3) is 0.500. The van der Waals surface area contributed by atoms with Crippen molar-refractivity contribution in [2.75, 3.05) is 13.2 Å². The van der Waals surface area contributed by atoms with E-state index in [1.54, 1.807) is 12.1 Å². The quantitative estimate of drug-likeness (QED) is 0.747. The van der Waals surface area contributed by atoms with Crippen LogP contribution >= 0.6 is 11.6 Å². The van der Waals surface area contributed by atoms with E-state index in [1.807, 2.05) is 12.1 Å². The Balaban J connectivity index is 1.69. The van der Waals surface area contributed by atoms with Gasteiger partial charge in [0.05, 0.1) is 13.2 Å². The number of hydrogen-bond acceptors (Lipinski definition) is 3. The zero-order chi connectivity index (χ0) is 14.1. The topological polar surface area (TPSA) is 38.7 Å². The van der Waals surface area contributed by atoms with E-state index in [9.17, 15) is 5.11 Å². The highest BCUT2D eigenvalue weighted by atomic mass is 35.5. The highest BCUT2D eigenvalue weighted by Gasteiger charge is 2.44. The monoisotopic (exact) mass is 292 g/mol. The smallest absolute Gasteiger partial charge is 0.168 e. The molecule has 20 heavy (non-hydrogen) atoms. The fourth-order valence-corrected chi connectivity index (χ4v) is 2.90. The van der Waals surface area contributed by atoms with Gasteiger partial charge in [0, 0.05) is 23.4 Å². The molecule has 0 bridgehead atoms. The third-order valence-electron chi connectivity index (χ3n) is 3.92. The van der Waals surface area contributed by atoms with E-state index in [0.29, 0.717) is 43.9 Å². The first kappa shape index (κ1) is 13.9. The standard InChI is InChI=1S/C16H17ClO3/c17-14-3-1-2-13(12-14)4-5-15(18)6-8-16(9-7-15)19-10-11-20-16/h1-3,12,18H,6-11H2. The second-order valence-electron chi connectivity index (χ2n) is 5.40. The van der Waals surface area contributed by atoms with Crippen LogP contribution in [0.5, 0.6) is 0 Å².